The quantitative estimate of drug-likeness (QED) is 0.0286. The number of amides is 1. The van der Waals surface area contributed by atoms with Crippen molar-refractivity contribution in [2.45, 2.75) is 78.1 Å². The number of aliphatic imine (C=N–C) groups is 1. The van der Waals surface area contributed by atoms with Gasteiger partial charge in [0, 0.05) is 39.3 Å². The van der Waals surface area contributed by atoms with Gasteiger partial charge in [-0.25, -0.2) is 0 Å². The predicted molar refractivity (Wildman–Crippen MR) is 157 cm³/mol. The van der Waals surface area contributed by atoms with Crippen LogP contribution in [0, 0.1) is 0 Å². The SMILES string of the molecule is CCCC/C=C/CC(=O)NCN(CCCO)CC(=O)O.CCCC/C=C/CC([O-])=NCN(CCCO)CC(=O)[O-].[Ca+2]. The summed E-state index contributed by atoms with van der Waals surface area (Å²) in [7, 11) is 0. The van der Waals surface area contributed by atoms with E-state index in [1.807, 2.05) is 18.2 Å². The van der Waals surface area contributed by atoms with Gasteiger partial charge in [0.15, 0.2) is 0 Å². The molecular formula is C28H50CaN4O8. The molecule has 0 aliphatic carbocycles. The Hall–Kier alpha value is -1.54. The molecule has 0 bridgehead atoms. The first-order valence-electron chi connectivity index (χ1n) is 14.0. The normalized spacial score (nSPS) is 11.5. The molecule has 232 valence electrons. The molecular weight excluding hydrogens is 560 g/mol. The molecule has 4 N–H and O–H groups in total. The largest absolute Gasteiger partial charge is 2.00 e. The van der Waals surface area contributed by atoms with Crippen molar-refractivity contribution in [2.75, 3.05) is 52.7 Å². The Labute approximate surface area is 275 Å². The topological polar surface area (TPSA) is 189 Å². The second kappa shape index (κ2) is 33.0. The molecule has 0 aliphatic rings. The van der Waals surface area contributed by atoms with Crippen LogP contribution >= 0.6 is 0 Å². The first-order valence-corrected chi connectivity index (χ1v) is 14.0. The predicted octanol–water partition coefficient (Wildman–Crippen LogP) is -0.142. The van der Waals surface area contributed by atoms with Gasteiger partial charge in [-0.3, -0.25) is 24.4 Å². The van der Waals surface area contributed by atoms with E-state index in [-0.39, 0.29) is 95.6 Å². The number of nitrogens with zero attached hydrogens (tertiary/aromatic N) is 3. The Balaban J connectivity index is -0.000000688. The van der Waals surface area contributed by atoms with Crippen molar-refractivity contribution in [2.24, 2.45) is 4.99 Å². The summed E-state index contributed by atoms with van der Waals surface area (Å²) in [5.74, 6) is -2.57. The fourth-order valence-corrected chi connectivity index (χ4v) is 3.15. The molecule has 0 aliphatic heterocycles. The van der Waals surface area contributed by atoms with Crippen LogP contribution in [-0.4, -0.2) is 139 Å². The molecule has 0 spiro atoms. The number of carboxylic acids is 2. The second-order valence-corrected chi connectivity index (χ2v) is 9.11. The average Bonchev–Trinajstić information content (AvgIpc) is 2.91. The summed E-state index contributed by atoms with van der Waals surface area (Å²) in [5, 5.41) is 50.9. The summed E-state index contributed by atoms with van der Waals surface area (Å²) in [6.45, 7) is 4.78. The van der Waals surface area contributed by atoms with Crippen molar-refractivity contribution >= 4 is 61.5 Å². The number of carboxylic acid groups (broad SMARTS) is 2. The molecule has 0 unspecified atom stereocenters. The maximum absolute atomic E-state index is 11.6. The van der Waals surface area contributed by atoms with Gasteiger partial charge in [0.2, 0.25) is 5.91 Å². The van der Waals surface area contributed by atoms with E-state index in [9.17, 15) is 24.6 Å². The van der Waals surface area contributed by atoms with Gasteiger partial charge < -0.3 is 35.6 Å². The van der Waals surface area contributed by atoms with E-state index in [1.165, 1.54) is 4.90 Å². The van der Waals surface area contributed by atoms with Crippen LogP contribution in [0.5, 0.6) is 0 Å². The van der Waals surface area contributed by atoms with Crippen LogP contribution in [-0.2, 0) is 14.4 Å². The van der Waals surface area contributed by atoms with Gasteiger partial charge in [0.25, 0.3) is 0 Å². The summed E-state index contributed by atoms with van der Waals surface area (Å²) < 4.78 is 0. The number of aliphatic hydroxyl groups is 2. The van der Waals surface area contributed by atoms with E-state index >= 15 is 0 Å². The van der Waals surface area contributed by atoms with Gasteiger partial charge in [0.1, 0.15) is 0 Å². The van der Waals surface area contributed by atoms with E-state index in [2.05, 4.69) is 24.2 Å². The number of allylic oxidation sites excluding steroid dienone is 2. The number of carbonyl (C=O) groups is 3. The minimum absolute atomic E-state index is 0. The van der Waals surface area contributed by atoms with Gasteiger partial charge in [-0.05, 0) is 38.0 Å². The molecule has 0 saturated heterocycles. The van der Waals surface area contributed by atoms with Gasteiger partial charge in [-0.15, -0.1) is 0 Å². The van der Waals surface area contributed by atoms with Crippen LogP contribution in [0.2, 0.25) is 0 Å². The van der Waals surface area contributed by atoms with Gasteiger partial charge >= 0.3 is 43.7 Å². The van der Waals surface area contributed by atoms with Crippen molar-refractivity contribution in [1.82, 2.24) is 15.1 Å². The van der Waals surface area contributed by atoms with Crippen LogP contribution in [0.15, 0.2) is 29.3 Å². The monoisotopic (exact) mass is 610 g/mol. The van der Waals surface area contributed by atoms with Crippen LogP contribution in [0.3, 0.4) is 0 Å². The first-order chi connectivity index (χ1) is 19.2. The Bertz CT molecular complexity index is 751. The fraction of sp³-hybridized carbons (Fsp3) is 0.714. The molecule has 0 aromatic carbocycles. The molecule has 0 rings (SSSR count). The summed E-state index contributed by atoms with van der Waals surface area (Å²) >= 11 is 0. The summed E-state index contributed by atoms with van der Waals surface area (Å²) in [4.78, 5) is 39.6. The van der Waals surface area contributed by atoms with Crippen LogP contribution < -0.4 is 15.5 Å². The Morgan fingerprint density at radius 1 is 0.805 bits per heavy atom. The molecule has 13 heteroatoms. The van der Waals surface area contributed by atoms with E-state index in [4.69, 9.17) is 15.3 Å². The zero-order chi connectivity index (χ0) is 30.4. The molecule has 0 saturated carbocycles. The molecule has 0 radical (unpaired) electrons. The van der Waals surface area contributed by atoms with E-state index < -0.39 is 11.9 Å². The number of unbranched alkanes of at least 4 members (excludes halogenated alkanes) is 4. The van der Waals surface area contributed by atoms with Crippen molar-refractivity contribution in [1.29, 1.82) is 0 Å². The minimum Gasteiger partial charge on any atom is -0.862 e. The molecule has 0 aromatic heterocycles. The fourth-order valence-electron chi connectivity index (χ4n) is 3.15. The maximum atomic E-state index is 11.6. The Morgan fingerprint density at radius 3 is 1.83 bits per heavy atom. The van der Waals surface area contributed by atoms with Crippen LogP contribution in [0.4, 0.5) is 0 Å². The standard InChI is InChI=1S/2C14H26N2O4.Ca/c2*1-2-3-4-5-6-8-13(18)15-12-16(9-7-10-17)11-14(19)20;/h2*5-6,17H,2-4,7-12H2,1H3,(H,15,18)(H,19,20);/q;;+2/p-2/b2*6-5+;. The van der Waals surface area contributed by atoms with E-state index in [0.717, 1.165) is 38.5 Å². The number of rotatable bonds is 24. The molecule has 0 fully saturated rings. The summed E-state index contributed by atoms with van der Waals surface area (Å²) in [6.07, 6.45) is 15.4. The van der Waals surface area contributed by atoms with Crippen LogP contribution in [0.1, 0.15) is 78.1 Å². The third kappa shape index (κ3) is 34.6. The maximum Gasteiger partial charge on any atom is 2.00 e. The van der Waals surface area contributed by atoms with Gasteiger partial charge in [-0.1, -0.05) is 63.8 Å². The third-order valence-corrected chi connectivity index (χ3v) is 5.30. The third-order valence-electron chi connectivity index (χ3n) is 5.30. The van der Waals surface area contributed by atoms with Crippen LogP contribution in [0.25, 0.3) is 0 Å². The molecule has 0 heterocycles. The number of aliphatic carboxylic acids is 2. The number of hydrogen-bond donors (Lipinski definition) is 4. The second-order valence-electron chi connectivity index (χ2n) is 9.11. The number of aliphatic hydroxyl groups excluding tert-OH is 2. The van der Waals surface area contributed by atoms with Gasteiger partial charge in [0.05, 0.1) is 25.9 Å². The molecule has 1 amide bonds. The summed E-state index contributed by atoms with van der Waals surface area (Å²) in [5.41, 5.74) is 0. The Morgan fingerprint density at radius 2 is 1.34 bits per heavy atom. The zero-order valence-corrected chi connectivity index (χ0v) is 27.2. The smallest absolute Gasteiger partial charge is 0.862 e. The Kier molecular flexibility index (Phi) is 35.3. The molecule has 0 aromatic rings. The number of nitrogens with one attached hydrogen (secondary N) is 1. The number of hydrogen-bond acceptors (Lipinski definition) is 10. The molecule has 12 nitrogen and oxygen atoms in total. The molecule has 41 heavy (non-hydrogen) atoms. The van der Waals surface area contributed by atoms with Gasteiger partial charge in [-0.2, -0.15) is 0 Å². The minimum atomic E-state index is -1.22. The van der Waals surface area contributed by atoms with Crippen molar-refractivity contribution in [3.05, 3.63) is 24.3 Å². The average molecular weight is 611 g/mol. The first kappa shape index (κ1) is 43.9. The van der Waals surface area contributed by atoms with Crippen molar-refractivity contribution < 1.29 is 39.9 Å². The van der Waals surface area contributed by atoms with Crippen molar-refractivity contribution in [3.63, 3.8) is 0 Å². The zero-order valence-electron chi connectivity index (χ0n) is 25.0. The summed E-state index contributed by atoms with van der Waals surface area (Å²) in [6, 6.07) is 0. The van der Waals surface area contributed by atoms with E-state index in [0.29, 0.717) is 32.4 Å². The number of carbonyl (C=O) groups excluding carboxylic acids is 2. The van der Waals surface area contributed by atoms with E-state index in [1.54, 1.807) is 11.0 Å². The molecule has 0 atom stereocenters. The van der Waals surface area contributed by atoms with Crippen molar-refractivity contribution in [3.8, 4) is 0 Å².